The van der Waals surface area contributed by atoms with Crippen LogP contribution in [0.2, 0.25) is 0 Å². The third kappa shape index (κ3) is 4.84. The van der Waals surface area contributed by atoms with E-state index in [1.54, 1.807) is 0 Å². The van der Waals surface area contributed by atoms with Crippen LogP contribution in [0.4, 0.5) is 0 Å². The number of rotatable bonds is 6. The summed E-state index contributed by atoms with van der Waals surface area (Å²) in [6, 6.07) is 13.0. The van der Waals surface area contributed by atoms with Crippen molar-refractivity contribution in [1.29, 1.82) is 0 Å². The van der Waals surface area contributed by atoms with Gasteiger partial charge in [-0.05, 0) is 12.0 Å². The molecule has 3 aromatic rings. The highest BCUT2D eigenvalue weighted by molar-refractivity contribution is 5.75. The molecule has 3 rings (SSSR count). The van der Waals surface area contributed by atoms with E-state index in [1.165, 1.54) is 23.3 Å². The molecule has 0 radical (unpaired) electrons. The Balaban J connectivity index is 1.62. The largest absolute Gasteiger partial charge is 0.349 e. The third-order valence-corrected chi connectivity index (χ3v) is 4.07. The summed E-state index contributed by atoms with van der Waals surface area (Å²) in [6.45, 7) is 4.10. The van der Waals surface area contributed by atoms with Crippen LogP contribution in [-0.2, 0) is 17.9 Å². The normalized spacial score (nSPS) is 10.8. The maximum atomic E-state index is 12.2. The number of hydrogen-bond acceptors (Lipinski definition) is 5. The minimum absolute atomic E-state index is 0.0825. The minimum Gasteiger partial charge on any atom is -0.349 e. The van der Waals surface area contributed by atoms with E-state index in [0.717, 1.165) is 11.3 Å². The zero-order valence-corrected chi connectivity index (χ0v) is 15.3. The van der Waals surface area contributed by atoms with Crippen molar-refractivity contribution in [3.8, 4) is 11.3 Å². The summed E-state index contributed by atoms with van der Waals surface area (Å²) in [7, 11) is 0. The van der Waals surface area contributed by atoms with Crippen molar-refractivity contribution in [3.05, 3.63) is 76.9 Å². The lowest BCUT2D eigenvalue weighted by Crippen LogP contribution is -2.32. The maximum Gasteiger partial charge on any atom is 0.254 e. The van der Waals surface area contributed by atoms with Gasteiger partial charge in [0.05, 0.1) is 30.0 Å². The quantitative estimate of drug-likeness (QED) is 0.725. The fourth-order valence-electron chi connectivity index (χ4n) is 2.54. The van der Waals surface area contributed by atoms with E-state index in [9.17, 15) is 9.59 Å². The van der Waals surface area contributed by atoms with E-state index in [1.807, 2.05) is 50.2 Å². The highest BCUT2D eigenvalue weighted by atomic mass is 16.2. The fraction of sp³-hybridized carbons (Fsp3) is 0.250. The van der Waals surface area contributed by atoms with E-state index >= 15 is 0 Å². The maximum absolute atomic E-state index is 12.2. The van der Waals surface area contributed by atoms with E-state index in [-0.39, 0.29) is 30.5 Å². The van der Waals surface area contributed by atoms with Gasteiger partial charge in [0.2, 0.25) is 5.91 Å². The number of amides is 1. The molecule has 138 valence electrons. The van der Waals surface area contributed by atoms with Crippen LogP contribution in [-0.4, -0.2) is 25.4 Å². The first-order valence-corrected chi connectivity index (χ1v) is 8.72. The van der Waals surface area contributed by atoms with Crippen LogP contribution in [0.1, 0.15) is 31.2 Å². The Morgan fingerprint density at radius 2 is 1.89 bits per heavy atom. The monoisotopic (exact) mass is 363 g/mol. The van der Waals surface area contributed by atoms with Gasteiger partial charge in [0.25, 0.3) is 5.56 Å². The molecule has 0 saturated carbocycles. The predicted molar refractivity (Wildman–Crippen MR) is 102 cm³/mol. The Hall–Kier alpha value is -3.35. The van der Waals surface area contributed by atoms with Crippen molar-refractivity contribution in [2.75, 3.05) is 0 Å². The molecule has 0 atom stereocenters. The first kappa shape index (κ1) is 18.4. The summed E-state index contributed by atoms with van der Waals surface area (Å²) in [5.41, 5.74) is 2.94. The van der Waals surface area contributed by atoms with Gasteiger partial charge < -0.3 is 5.32 Å². The first-order valence-electron chi connectivity index (χ1n) is 8.72. The average molecular weight is 363 g/mol. The Kier molecular flexibility index (Phi) is 5.71. The van der Waals surface area contributed by atoms with Crippen LogP contribution in [0.25, 0.3) is 11.3 Å². The second-order valence-electron chi connectivity index (χ2n) is 6.47. The van der Waals surface area contributed by atoms with Crippen molar-refractivity contribution in [3.63, 3.8) is 0 Å². The molecule has 0 aliphatic rings. The fourth-order valence-corrected chi connectivity index (χ4v) is 2.54. The minimum atomic E-state index is -0.281. The molecule has 27 heavy (non-hydrogen) atoms. The molecular weight excluding hydrogens is 342 g/mol. The van der Waals surface area contributed by atoms with Crippen molar-refractivity contribution < 1.29 is 4.79 Å². The van der Waals surface area contributed by atoms with Crippen LogP contribution < -0.4 is 10.9 Å². The van der Waals surface area contributed by atoms with Crippen molar-refractivity contribution in [2.24, 2.45) is 0 Å². The molecule has 0 fully saturated rings. The Labute approximate surface area is 157 Å². The summed E-state index contributed by atoms with van der Waals surface area (Å²) in [5, 5.41) is 2.77. The summed E-state index contributed by atoms with van der Waals surface area (Å²) in [4.78, 5) is 36.9. The highest BCUT2D eigenvalue weighted by Gasteiger charge is 2.08. The lowest BCUT2D eigenvalue weighted by molar-refractivity contribution is -0.121. The van der Waals surface area contributed by atoms with Crippen LogP contribution in [0.5, 0.6) is 0 Å². The summed E-state index contributed by atoms with van der Waals surface area (Å²) >= 11 is 0. The van der Waals surface area contributed by atoms with Gasteiger partial charge >= 0.3 is 0 Å². The van der Waals surface area contributed by atoms with Gasteiger partial charge in [-0.3, -0.25) is 14.2 Å². The van der Waals surface area contributed by atoms with Gasteiger partial charge in [0.1, 0.15) is 12.9 Å². The summed E-state index contributed by atoms with van der Waals surface area (Å²) in [6.07, 6.45) is 2.89. The van der Waals surface area contributed by atoms with Crippen LogP contribution in [0.15, 0.2) is 59.9 Å². The molecule has 2 aromatic heterocycles. The number of nitrogens with one attached hydrogen (secondary N) is 1. The Bertz CT molecular complexity index is 983. The Morgan fingerprint density at radius 3 is 2.59 bits per heavy atom. The average Bonchev–Trinajstić information content (AvgIpc) is 2.69. The van der Waals surface area contributed by atoms with Gasteiger partial charge in [-0.25, -0.2) is 15.0 Å². The third-order valence-electron chi connectivity index (χ3n) is 4.07. The van der Waals surface area contributed by atoms with E-state index in [2.05, 4.69) is 20.3 Å². The van der Waals surface area contributed by atoms with Crippen molar-refractivity contribution in [2.45, 2.75) is 32.9 Å². The molecule has 0 aliphatic heterocycles. The van der Waals surface area contributed by atoms with Gasteiger partial charge in [-0.2, -0.15) is 0 Å². The molecule has 7 heteroatoms. The van der Waals surface area contributed by atoms with Gasteiger partial charge in [0, 0.05) is 11.6 Å². The molecule has 0 bridgehead atoms. The zero-order valence-electron chi connectivity index (χ0n) is 15.3. The van der Waals surface area contributed by atoms with Gasteiger partial charge in [-0.1, -0.05) is 44.2 Å². The number of benzene rings is 1. The zero-order chi connectivity index (χ0) is 19.2. The molecule has 7 nitrogen and oxygen atoms in total. The van der Waals surface area contributed by atoms with Crippen molar-refractivity contribution in [1.82, 2.24) is 24.8 Å². The van der Waals surface area contributed by atoms with Gasteiger partial charge in [0.15, 0.2) is 0 Å². The van der Waals surface area contributed by atoms with E-state index < -0.39 is 0 Å². The number of nitrogens with zero attached hydrogens (tertiary/aromatic N) is 4. The lowest BCUT2D eigenvalue weighted by Gasteiger charge is -2.09. The molecular formula is C20H21N5O2. The molecule has 2 heterocycles. The molecule has 0 aliphatic carbocycles. The topological polar surface area (TPSA) is 89.8 Å². The molecule has 0 saturated heterocycles. The standard InChI is InChI=1S/C20H21N5O2/c1-14(2)17-9-20(27)25(13-24-17)11-19(26)21-10-16-8-18(23-12-22-16)15-6-4-3-5-7-15/h3-9,12-14H,10-11H2,1-2H3,(H,21,26). The number of hydrogen-bond donors (Lipinski definition) is 1. The van der Waals surface area contributed by atoms with Crippen LogP contribution in [0.3, 0.4) is 0 Å². The first-order chi connectivity index (χ1) is 13.0. The molecule has 1 N–H and O–H groups in total. The molecule has 0 spiro atoms. The van der Waals surface area contributed by atoms with Crippen LogP contribution >= 0.6 is 0 Å². The second-order valence-corrected chi connectivity index (χ2v) is 6.47. The number of aromatic nitrogens is 4. The van der Waals surface area contributed by atoms with Crippen molar-refractivity contribution >= 4 is 5.91 Å². The molecule has 1 amide bonds. The van der Waals surface area contributed by atoms with Gasteiger partial charge in [-0.15, -0.1) is 0 Å². The molecule has 0 unspecified atom stereocenters. The van der Waals surface area contributed by atoms with Crippen LogP contribution in [0, 0.1) is 0 Å². The lowest BCUT2D eigenvalue weighted by atomic mass is 10.1. The SMILES string of the molecule is CC(C)c1cc(=O)n(CC(=O)NCc2cc(-c3ccccc3)ncn2)cn1. The van der Waals surface area contributed by atoms with E-state index in [4.69, 9.17) is 0 Å². The highest BCUT2D eigenvalue weighted by Crippen LogP contribution is 2.15. The molecule has 1 aromatic carbocycles. The Morgan fingerprint density at radius 1 is 1.11 bits per heavy atom. The summed E-state index contributed by atoms with van der Waals surface area (Å²) < 4.78 is 1.29. The van der Waals surface area contributed by atoms with E-state index in [0.29, 0.717) is 11.4 Å². The second kappa shape index (κ2) is 8.35. The predicted octanol–water partition coefficient (Wildman–Crippen LogP) is 2.14. The number of carbonyl (C=O) groups is 1. The summed E-state index contributed by atoms with van der Waals surface area (Å²) in [5.74, 6) is -0.117. The smallest absolute Gasteiger partial charge is 0.254 e. The number of carbonyl (C=O) groups excluding carboxylic acids is 1.